The molecule has 1 fully saturated rings. The van der Waals surface area contributed by atoms with Crippen LogP contribution in [0.15, 0.2) is 18.2 Å². The summed E-state index contributed by atoms with van der Waals surface area (Å²) in [7, 11) is 0. The van der Waals surface area contributed by atoms with Crippen molar-refractivity contribution in [2.24, 2.45) is 5.92 Å². The normalized spacial score (nSPS) is 21.7. The Morgan fingerprint density at radius 3 is 2.47 bits per heavy atom. The first kappa shape index (κ1) is 22.4. The first-order chi connectivity index (χ1) is 14.0. The number of rotatable bonds is 3. The molecule has 1 N–H and O–H groups in total. The number of amides is 1. The van der Waals surface area contributed by atoms with Crippen molar-refractivity contribution < 1.29 is 28.7 Å². The van der Waals surface area contributed by atoms with E-state index >= 15 is 0 Å². The van der Waals surface area contributed by atoms with Gasteiger partial charge in [0.1, 0.15) is 11.6 Å². The zero-order valence-corrected chi connectivity index (χ0v) is 18.3. The Hall–Kier alpha value is -2.25. The van der Waals surface area contributed by atoms with Gasteiger partial charge in [0.15, 0.2) is 17.5 Å². The van der Waals surface area contributed by atoms with Crippen LogP contribution in [-0.2, 0) is 29.3 Å². The molecule has 1 aliphatic heterocycles. The summed E-state index contributed by atoms with van der Waals surface area (Å²) < 4.78 is 10.7. The highest BCUT2D eigenvalue weighted by molar-refractivity contribution is 6.33. The van der Waals surface area contributed by atoms with Gasteiger partial charge in [0, 0.05) is 23.8 Å². The van der Waals surface area contributed by atoms with Gasteiger partial charge in [0.2, 0.25) is 5.91 Å². The first-order valence-corrected chi connectivity index (χ1v) is 10.3. The van der Waals surface area contributed by atoms with E-state index in [1.165, 1.54) is 13.0 Å². The summed E-state index contributed by atoms with van der Waals surface area (Å²) >= 11 is 6.10. The van der Waals surface area contributed by atoms with Crippen LogP contribution in [0.25, 0.3) is 0 Å². The van der Waals surface area contributed by atoms with E-state index in [1.54, 1.807) is 32.9 Å². The smallest absolute Gasteiger partial charge is 0.328 e. The quantitative estimate of drug-likeness (QED) is 0.578. The molecule has 2 aliphatic rings. The fourth-order valence-corrected chi connectivity index (χ4v) is 4.21. The van der Waals surface area contributed by atoms with Crippen LogP contribution >= 0.6 is 11.6 Å². The van der Waals surface area contributed by atoms with Gasteiger partial charge in [-0.15, -0.1) is 0 Å². The Morgan fingerprint density at radius 2 is 1.87 bits per heavy atom. The fourth-order valence-electron chi connectivity index (χ4n) is 4.04. The lowest BCUT2D eigenvalue weighted by Gasteiger charge is -2.42. The topological polar surface area (TPSA) is 98.8 Å². The Labute approximate surface area is 180 Å². The summed E-state index contributed by atoms with van der Waals surface area (Å²) in [6.07, 6.45) is 0.748. The molecule has 1 heterocycles. The molecule has 3 rings (SSSR count). The first-order valence-electron chi connectivity index (χ1n) is 9.96. The third-order valence-electron chi connectivity index (χ3n) is 5.49. The monoisotopic (exact) mass is 435 g/mol. The van der Waals surface area contributed by atoms with Crippen LogP contribution in [0.3, 0.4) is 0 Å². The van der Waals surface area contributed by atoms with Crippen LogP contribution in [0, 0.1) is 5.92 Å². The molecule has 1 amide bonds. The Bertz CT molecular complexity index is 897. The number of halogens is 1. The third kappa shape index (κ3) is 4.14. The summed E-state index contributed by atoms with van der Waals surface area (Å²) in [4.78, 5) is 51.9. The van der Waals surface area contributed by atoms with Crippen molar-refractivity contribution in [3.63, 3.8) is 0 Å². The van der Waals surface area contributed by atoms with E-state index in [9.17, 15) is 19.2 Å². The number of ketones is 2. The number of carbonyl (C=O) groups excluding carboxylic acids is 4. The molecule has 1 saturated heterocycles. The number of benzene rings is 1. The second kappa shape index (κ2) is 8.12. The number of esters is 1. The van der Waals surface area contributed by atoms with Gasteiger partial charge >= 0.3 is 5.97 Å². The highest BCUT2D eigenvalue weighted by Gasteiger charge is 2.54. The molecular formula is C22H26ClNO6. The Morgan fingerprint density at radius 1 is 1.23 bits per heavy atom. The predicted octanol–water partition coefficient (Wildman–Crippen LogP) is 2.62. The van der Waals surface area contributed by atoms with Gasteiger partial charge in [-0.3, -0.25) is 14.4 Å². The van der Waals surface area contributed by atoms with E-state index in [0.717, 1.165) is 0 Å². The van der Waals surface area contributed by atoms with E-state index in [4.69, 9.17) is 21.1 Å². The third-order valence-corrected chi connectivity index (χ3v) is 5.72. The molecule has 0 bridgehead atoms. The average molecular weight is 436 g/mol. The second-order valence-electron chi connectivity index (χ2n) is 8.81. The SMILES string of the molecule is C[C@@H](NC(=O)C1C(=O)c2cc(Cl)ccc2C2(CCOCC2)C1=O)C(=O)OC(C)(C)C. The molecule has 0 radical (unpaired) electrons. The fraction of sp³-hybridized carbons (Fsp3) is 0.545. The maximum absolute atomic E-state index is 13.5. The molecule has 0 aromatic heterocycles. The summed E-state index contributed by atoms with van der Waals surface area (Å²) in [5.74, 6) is -4.06. The van der Waals surface area contributed by atoms with Gasteiger partial charge < -0.3 is 14.8 Å². The molecule has 8 heteroatoms. The van der Waals surface area contributed by atoms with Crippen LogP contribution in [0.2, 0.25) is 5.02 Å². The summed E-state index contributed by atoms with van der Waals surface area (Å²) in [5, 5.41) is 2.83. The molecule has 7 nitrogen and oxygen atoms in total. The summed E-state index contributed by atoms with van der Waals surface area (Å²) in [5.41, 5.74) is -0.846. The van der Waals surface area contributed by atoms with Crippen molar-refractivity contribution in [2.45, 2.75) is 57.6 Å². The molecular weight excluding hydrogens is 410 g/mol. The summed E-state index contributed by atoms with van der Waals surface area (Å²) in [6, 6.07) is 3.82. The largest absolute Gasteiger partial charge is 0.458 e. The van der Waals surface area contributed by atoms with E-state index in [1.807, 2.05) is 0 Å². The second-order valence-corrected chi connectivity index (χ2v) is 9.25. The van der Waals surface area contributed by atoms with Crippen LogP contribution in [0.1, 0.15) is 56.5 Å². The molecule has 30 heavy (non-hydrogen) atoms. The van der Waals surface area contributed by atoms with Gasteiger partial charge in [-0.25, -0.2) is 4.79 Å². The lowest BCUT2D eigenvalue weighted by molar-refractivity contribution is -0.158. The van der Waals surface area contributed by atoms with Gasteiger partial charge in [-0.2, -0.15) is 0 Å². The van der Waals surface area contributed by atoms with Gasteiger partial charge in [0.25, 0.3) is 0 Å². The molecule has 162 valence electrons. The highest BCUT2D eigenvalue weighted by atomic mass is 35.5. The van der Waals surface area contributed by atoms with Crippen molar-refractivity contribution in [1.29, 1.82) is 0 Å². The highest BCUT2D eigenvalue weighted by Crippen LogP contribution is 2.44. The van der Waals surface area contributed by atoms with E-state index < -0.39 is 46.4 Å². The predicted molar refractivity (Wildman–Crippen MR) is 109 cm³/mol. The van der Waals surface area contributed by atoms with Crippen molar-refractivity contribution in [3.8, 4) is 0 Å². The Kier molecular flexibility index (Phi) is 6.07. The molecule has 1 unspecified atom stereocenters. The number of carbonyl (C=O) groups is 4. The Balaban J connectivity index is 1.93. The molecule has 2 atom stereocenters. The van der Waals surface area contributed by atoms with Crippen molar-refractivity contribution in [3.05, 3.63) is 34.3 Å². The number of Topliss-reactive ketones (excluding diaryl/α,β-unsaturated/α-hetero) is 2. The van der Waals surface area contributed by atoms with Gasteiger partial charge in [-0.1, -0.05) is 17.7 Å². The van der Waals surface area contributed by atoms with Crippen LogP contribution in [-0.4, -0.2) is 48.3 Å². The van der Waals surface area contributed by atoms with E-state index in [2.05, 4.69) is 5.32 Å². The maximum atomic E-state index is 13.5. The van der Waals surface area contributed by atoms with Crippen molar-refractivity contribution >= 4 is 35.0 Å². The van der Waals surface area contributed by atoms with Crippen molar-refractivity contribution in [1.82, 2.24) is 5.32 Å². The minimum absolute atomic E-state index is 0.272. The van der Waals surface area contributed by atoms with Gasteiger partial charge in [-0.05, 0) is 58.2 Å². The summed E-state index contributed by atoms with van der Waals surface area (Å²) in [6.45, 7) is 7.30. The molecule has 1 aromatic carbocycles. The van der Waals surface area contributed by atoms with Crippen LogP contribution < -0.4 is 5.32 Å². The number of ether oxygens (including phenoxy) is 2. The van der Waals surface area contributed by atoms with E-state index in [0.29, 0.717) is 36.6 Å². The zero-order chi connectivity index (χ0) is 22.3. The van der Waals surface area contributed by atoms with Crippen LogP contribution in [0.4, 0.5) is 0 Å². The van der Waals surface area contributed by atoms with Crippen LogP contribution in [0.5, 0.6) is 0 Å². The number of fused-ring (bicyclic) bond motifs is 2. The number of nitrogens with one attached hydrogen (secondary N) is 1. The zero-order valence-electron chi connectivity index (χ0n) is 17.5. The molecule has 0 saturated carbocycles. The van der Waals surface area contributed by atoms with Crippen molar-refractivity contribution in [2.75, 3.05) is 13.2 Å². The lowest BCUT2D eigenvalue weighted by atomic mass is 9.61. The molecule has 1 aromatic rings. The number of hydrogen-bond donors (Lipinski definition) is 1. The minimum atomic E-state index is -1.54. The minimum Gasteiger partial charge on any atom is -0.458 e. The number of hydrogen-bond acceptors (Lipinski definition) is 6. The standard InChI is InChI=1S/C22H26ClNO6/c1-12(20(28)30-21(2,3)4)24-19(27)16-17(25)14-11-13(23)5-6-15(14)22(18(16)26)7-9-29-10-8-22/h5-6,11-12,16H,7-10H2,1-4H3,(H,24,27)/t12-,16?/m1/s1. The van der Waals surface area contributed by atoms with E-state index in [-0.39, 0.29) is 5.56 Å². The molecule has 1 aliphatic carbocycles. The van der Waals surface area contributed by atoms with Gasteiger partial charge in [0.05, 0.1) is 5.41 Å². The maximum Gasteiger partial charge on any atom is 0.328 e. The lowest BCUT2D eigenvalue weighted by Crippen LogP contribution is -2.56. The molecule has 1 spiro atoms. The average Bonchev–Trinajstić information content (AvgIpc) is 2.66.